The molecule has 0 saturated carbocycles. The van der Waals surface area contributed by atoms with Gasteiger partial charge in [0.15, 0.2) is 23.3 Å². The Morgan fingerprint density at radius 1 is 0.372 bits per heavy atom. The molecule has 0 spiro atoms. The molecule has 9 rings (SSSR count). The fourth-order valence-corrected chi connectivity index (χ4v) is 5.59. The third kappa shape index (κ3) is 4.10. The first-order chi connectivity index (χ1) is 21.2. The fourth-order valence-electron chi connectivity index (χ4n) is 5.59. The van der Waals surface area contributed by atoms with Gasteiger partial charge in [-0.25, -0.2) is 29.9 Å². The molecule has 4 N–H and O–H groups in total. The van der Waals surface area contributed by atoms with E-state index in [0.717, 1.165) is 43.8 Å². The molecule has 5 heterocycles. The molecule has 43 heavy (non-hydrogen) atoms. The maximum atomic E-state index is 7.26. The number of H-pyrrole nitrogens is 2. The lowest BCUT2D eigenvalue weighted by Crippen LogP contribution is -1.82. The Morgan fingerprint density at radius 2 is 0.605 bits per heavy atom. The third-order valence-electron chi connectivity index (χ3n) is 7.46. The quantitative estimate of drug-likeness (QED) is 0.187. The number of hydrogen-bond acceptors (Lipinski definition) is 8. The van der Waals surface area contributed by atoms with Gasteiger partial charge in [-0.15, -0.1) is 0 Å². The molecular weight excluding hydrogens is 556 g/mol. The second-order valence-corrected chi connectivity index (χ2v) is 10.2. The smallest absolute Gasteiger partial charge is 0.299 e. The molecule has 206 valence electrons. The summed E-state index contributed by atoms with van der Waals surface area (Å²) >= 11 is 0. The van der Waals surface area contributed by atoms with Crippen molar-refractivity contribution < 1.29 is 9.59 Å². The first-order valence-corrected chi connectivity index (χ1v) is 14.9. The molecule has 2 aliphatic rings. The Hall–Kier alpha value is -5.62. The van der Waals surface area contributed by atoms with Crippen molar-refractivity contribution in [3.63, 3.8) is 0 Å². The van der Waals surface area contributed by atoms with Gasteiger partial charge in [-0.05, 0) is 0 Å². The van der Waals surface area contributed by atoms with Crippen LogP contribution in [0.25, 0.3) is 89.7 Å². The lowest BCUT2D eigenvalue weighted by atomic mass is 10.1. The van der Waals surface area contributed by atoms with Crippen molar-refractivity contribution >= 4 is 54.1 Å². The van der Waals surface area contributed by atoms with Crippen LogP contribution in [0.4, 0.5) is 0 Å². The van der Waals surface area contributed by atoms with Crippen LogP contribution in [-0.4, -0.2) is 59.5 Å². The topological polar surface area (TPSA) is 149 Å². The van der Waals surface area contributed by atoms with E-state index in [1.165, 1.54) is 0 Å². The molecule has 7 aromatic rings. The largest absolute Gasteiger partial charge is 0.415 e. The molecule has 2 aliphatic heterocycles. The van der Waals surface area contributed by atoms with Crippen LogP contribution in [0.15, 0.2) is 97.1 Å². The first kappa shape index (κ1) is 25.1. The summed E-state index contributed by atoms with van der Waals surface area (Å²) in [6.45, 7) is 0. The van der Waals surface area contributed by atoms with Crippen molar-refractivity contribution in [3.05, 3.63) is 97.1 Å². The van der Waals surface area contributed by atoms with Crippen molar-refractivity contribution in [1.82, 2.24) is 39.9 Å². The fraction of sp³-hybridized carbons (Fsp3) is 0. The van der Waals surface area contributed by atoms with Crippen molar-refractivity contribution in [3.8, 4) is 45.6 Å². The molecular formula is C32H22N8O2Si. The highest BCUT2D eigenvalue weighted by atomic mass is 28.2. The number of hydrogen-bond donors (Lipinski definition) is 4. The first-order valence-electron chi connectivity index (χ1n) is 13.6. The van der Waals surface area contributed by atoms with Crippen LogP contribution in [0.5, 0.6) is 0 Å². The van der Waals surface area contributed by atoms with E-state index < -0.39 is 10.0 Å². The Labute approximate surface area is 245 Å². The minimum Gasteiger partial charge on any atom is -0.415 e. The van der Waals surface area contributed by atoms with Crippen LogP contribution >= 0.6 is 0 Å². The molecule has 0 unspecified atom stereocenters. The monoisotopic (exact) mass is 578 g/mol. The van der Waals surface area contributed by atoms with Crippen LogP contribution in [0, 0.1) is 0 Å². The highest BCUT2D eigenvalue weighted by Gasteiger charge is 2.21. The SMILES string of the molecule is O[SiH2]O.c1ccc2c(c1)-c1nc-2nc2[nH]c(nc3nc(nc4[nH]c(n1)c1ccccc41)-c1ccccc1-3)c1ccccc21. The minimum absolute atomic E-state index is 0.597. The van der Waals surface area contributed by atoms with Gasteiger partial charge < -0.3 is 19.6 Å². The Balaban J connectivity index is 0.000000892. The summed E-state index contributed by atoms with van der Waals surface area (Å²) in [5, 5.41) is 3.82. The third-order valence-corrected chi connectivity index (χ3v) is 7.46. The van der Waals surface area contributed by atoms with Crippen LogP contribution in [-0.2, 0) is 0 Å². The van der Waals surface area contributed by atoms with Crippen LogP contribution in [0.1, 0.15) is 0 Å². The van der Waals surface area contributed by atoms with E-state index in [0.29, 0.717) is 45.9 Å². The van der Waals surface area contributed by atoms with Crippen molar-refractivity contribution in [1.29, 1.82) is 0 Å². The maximum Gasteiger partial charge on any atom is 0.299 e. The standard InChI is InChI=1S/C32H18N8.H4O2Si/c1-2-10-18-17(9-1)25-33-26(18)38-28-21-13-5-6-14-22(21)30(35-28)40-32-24-16-8-7-15-23(24)31(36-32)39-29-20-12-4-3-11-19(20)27(34-29)37-25;1-3-2/h1-16H,(H2,33,34,35,36,37,38,39,40);1-2H,3H2. The summed E-state index contributed by atoms with van der Waals surface area (Å²) in [6, 6.07) is 32.2. The molecule has 0 atom stereocenters. The number of aromatic nitrogens is 8. The average Bonchev–Trinajstić information content (AvgIpc) is 3.77. The van der Waals surface area contributed by atoms with E-state index in [-0.39, 0.29) is 0 Å². The molecule has 11 heteroatoms. The van der Waals surface area contributed by atoms with Gasteiger partial charge >= 0.3 is 0 Å². The van der Waals surface area contributed by atoms with Gasteiger partial charge in [0.1, 0.15) is 22.6 Å². The summed E-state index contributed by atoms with van der Waals surface area (Å²) in [4.78, 5) is 51.3. The average molecular weight is 579 g/mol. The van der Waals surface area contributed by atoms with E-state index >= 15 is 0 Å². The zero-order valence-electron chi connectivity index (χ0n) is 22.5. The molecule has 0 saturated heterocycles. The van der Waals surface area contributed by atoms with Gasteiger partial charge in [-0.3, -0.25) is 0 Å². The molecule has 0 amide bonds. The molecule has 0 aliphatic carbocycles. The second-order valence-electron chi connectivity index (χ2n) is 9.93. The Kier molecular flexibility index (Phi) is 5.86. The lowest BCUT2D eigenvalue weighted by molar-refractivity contribution is 0.448. The molecule has 4 aromatic carbocycles. The van der Waals surface area contributed by atoms with E-state index in [2.05, 4.69) is 9.97 Å². The lowest BCUT2D eigenvalue weighted by Gasteiger charge is -1.96. The zero-order valence-corrected chi connectivity index (χ0v) is 23.9. The normalized spacial score (nSPS) is 11.6. The van der Waals surface area contributed by atoms with Gasteiger partial charge in [0.2, 0.25) is 0 Å². The van der Waals surface area contributed by atoms with Crippen molar-refractivity contribution in [2.75, 3.05) is 0 Å². The maximum absolute atomic E-state index is 7.26. The van der Waals surface area contributed by atoms with Gasteiger partial charge in [-0.1, -0.05) is 97.1 Å². The molecule has 10 nitrogen and oxygen atoms in total. The second kappa shape index (κ2) is 10.0. The molecule has 0 radical (unpaired) electrons. The zero-order chi connectivity index (χ0) is 28.9. The van der Waals surface area contributed by atoms with Crippen molar-refractivity contribution in [2.24, 2.45) is 0 Å². The highest BCUT2D eigenvalue weighted by Crippen LogP contribution is 2.36. The molecule has 0 fully saturated rings. The van der Waals surface area contributed by atoms with Gasteiger partial charge in [-0.2, -0.15) is 0 Å². The highest BCUT2D eigenvalue weighted by molar-refractivity contribution is 6.13. The number of rotatable bonds is 0. The summed E-state index contributed by atoms with van der Waals surface area (Å²) in [6.07, 6.45) is 0. The number of nitrogens with zero attached hydrogens (tertiary/aromatic N) is 6. The Bertz CT molecular complexity index is 2060. The number of nitrogens with one attached hydrogen (secondary N) is 2. The summed E-state index contributed by atoms with van der Waals surface area (Å²) in [7, 11) is -1.58. The summed E-state index contributed by atoms with van der Waals surface area (Å²) in [5.74, 6) is 2.39. The Morgan fingerprint density at radius 3 is 0.860 bits per heavy atom. The number of benzene rings is 4. The van der Waals surface area contributed by atoms with Gasteiger partial charge in [0.25, 0.3) is 10.0 Å². The predicted octanol–water partition coefficient (Wildman–Crippen LogP) is 4.84. The van der Waals surface area contributed by atoms with Gasteiger partial charge in [0, 0.05) is 43.8 Å². The summed E-state index contributed by atoms with van der Waals surface area (Å²) < 4.78 is 0. The van der Waals surface area contributed by atoms with Crippen LogP contribution in [0.3, 0.4) is 0 Å². The number of aromatic amines is 2. The van der Waals surface area contributed by atoms with E-state index in [9.17, 15) is 0 Å². The van der Waals surface area contributed by atoms with E-state index in [1.807, 2.05) is 97.1 Å². The predicted molar refractivity (Wildman–Crippen MR) is 169 cm³/mol. The van der Waals surface area contributed by atoms with Gasteiger partial charge in [0.05, 0.1) is 0 Å². The minimum atomic E-state index is -1.58. The van der Waals surface area contributed by atoms with E-state index in [1.54, 1.807) is 0 Å². The van der Waals surface area contributed by atoms with Crippen LogP contribution < -0.4 is 0 Å². The number of fused-ring (bicyclic) bond motifs is 20. The van der Waals surface area contributed by atoms with E-state index in [4.69, 9.17) is 39.5 Å². The van der Waals surface area contributed by atoms with Crippen molar-refractivity contribution in [2.45, 2.75) is 0 Å². The molecule has 8 bridgehead atoms. The van der Waals surface area contributed by atoms with Crippen LogP contribution in [0.2, 0.25) is 0 Å². The molecule has 3 aromatic heterocycles. The summed E-state index contributed by atoms with van der Waals surface area (Å²) in [5.41, 5.74) is 6.45.